The van der Waals surface area contributed by atoms with Gasteiger partial charge in [0.1, 0.15) is 5.75 Å². The lowest BCUT2D eigenvalue weighted by molar-refractivity contribution is 0.599. The van der Waals surface area contributed by atoms with Crippen molar-refractivity contribution in [2.24, 2.45) is 5.73 Å². The van der Waals surface area contributed by atoms with E-state index in [-0.39, 0.29) is 16.5 Å². The maximum Gasteiger partial charge on any atom is 0.160 e. The molecule has 1 rings (SSSR count). The van der Waals surface area contributed by atoms with Gasteiger partial charge >= 0.3 is 0 Å². The van der Waals surface area contributed by atoms with Crippen LogP contribution in [0.3, 0.4) is 0 Å². The van der Waals surface area contributed by atoms with E-state index in [1.54, 1.807) is 24.3 Å². The molecule has 1 aromatic carbocycles. The van der Waals surface area contributed by atoms with Gasteiger partial charge in [-0.05, 0) is 5.56 Å². The van der Waals surface area contributed by atoms with Gasteiger partial charge in [-0.1, -0.05) is 42.5 Å². The molecule has 1 aromatic rings. The van der Waals surface area contributed by atoms with Gasteiger partial charge in [0.15, 0.2) is 9.84 Å². The molecule has 0 atom stereocenters. The van der Waals surface area contributed by atoms with Gasteiger partial charge in [0, 0.05) is 0 Å². The molecule has 3 nitrogen and oxygen atoms in total. The van der Waals surface area contributed by atoms with E-state index in [2.05, 4.69) is 12.2 Å². The van der Waals surface area contributed by atoms with E-state index in [0.717, 1.165) is 5.56 Å². The largest absolute Gasteiger partial charge is 0.392 e. The molecule has 0 aromatic heterocycles. The Morgan fingerprint density at radius 3 is 2.36 bits per heavy atom. The standard InChI is InChI=1S/C9H11NO2S2/c10-9(13)7-14(11,12)6-8-4-2-1-3-5-8/h1-5H,6-7H2,(H2,10,13). The van der Waals surface area contributed by atoms with Gasteiger partial charge in [-0.15, -0.1) is 0 Å². The van der Waals surface area contributed by atoms with E-state index in [1.165, 1.54) is 0 Å². The molecule has 0 bridgehead atoms. The van der Waals surface area contributed by atoms with Crippen LogP contribution in [0.4, 0.5) is 0 Å². The van der Waals surface area contributed by atoms with Crippen molar-refractivity contribution in [1.29, 1.82) is 0 Å². The zero-order valence-corrected chi connectivity index (χ0v) is 9.14. The van der Waals surface area contributed by atoms with Crippen LogP contribution in [-0.2, 0) is 15.6 Å². The summed E-state index contributed by atoms with van der Waals surface area (Å²) in [5, 5.41) is 0. The summed E-state index contributed by atoms with van der Waals surface area (Å²) in [5.74, 6) is -0.234. The number of hydrogen-bond acceptors (Lipinski definition) is 3. The maximum absolute atomic E-state index is 11.4. The minimum Gasteiger partial charge on any atom is -0.392 e. The van der Waals surface area contributed by atoms with Crippen molar-refractivity contribution in [2.45, 2.75) is 5.75 Å². The summed E-state index contributed by atoms with van der Waals surface area (Å²) >= 11 is 4.56. The molecule has 0 saturated heterocycles. The first-order valence-electron chi connectivity index (χ1n) is 4.02. The summed E-state index contributed by atoms with van der Waals surface area (Å²) in [7, 11) is -3.20. The fraction of sp³-hybridized carbons (Fsp3) is 0.222. The van der Waals surface area contributed by atoms with Crippen LogP contribution in [0, 0.1) is 0 Å². The van der Waals surface area contributed by atoms with Crippen molar-refractivity contribution in [3.8, 4) is 0 Å². The zero-order valence-electron chi connectivity index (χ0n) is 7.51. The summed E-state index contributed by atoms with van der Waals surface area (Å²) < 4.78 is 22.9. The van der Waals surface area contributed by atoms with Gasteiger partial charge in [-0.25, -0.2) is 8.42 Å². The summed E-state index contributed by atoms with van der Waals surface area (Å²) in [6.45, 7) is 0. The summed E-state index contributed by atoms with van der Waals surface area (Å²) in [5.41, 5.74) is 5.94. The number of thiocarbonyl (C=S) groups is 1. The third kappa shape index (κ3) is 3.85. The van der Waals surface area contributed by atoms with Gasteiger partial charge in [-0.2, -0.15) is 0 Å². The Balaban J connectivity index is 2.74. The minimum absolute atomic E-state index is 0.00875. The van der Waals surface area contributed by atoms with Crippen LogP contribution in [0.1, 0.15) is 5.56 Å². The summed E-state index contributed by atoms with van der Waals surface area (Å²) in [4.78, 5) is 0.0148. The Hall–Kier alpha value is -0.940. The van der Waals surface area contributed by atoms with E-state index >= 15 is 0 Å². The molecule has 0 heterocycles. The second kappa shape index (κ2) is 4.52. The third-order valence-corrected chi connectivity index (χ3v) is 3.44. The first-order chi connectivity index (χ1) is 6.49. The fourth-order valence-electron chi connectivity index (χ4n) is 1.10. The average molecular weight is 229 g/mol. The Morgan fingerprint density at radius 2 is 1.86 bits per heavy atom. The number of sulfone groups is 1. The van der Waals surface area contributed by atoms with E-state index in [1.807, 2.05) is 6.07 Å². The van der Waals surface area contributed by atoms with Crippen molar-refractivity contribution >= 4 is 27.0 Å². The topological polar surface area (TPSA) is 60.2 Å². The molecule has 0 aliphatic heterocycles. The highest BCUT2D eigenvalue weighted by Gasteiger charge is 2.12. The molecule has 5 heteroatoms. The molecule has 0 amide bonds. The third-order valence-electron chi connectivity index (χ3n) is 1.59. The van der Waals surface area contributed by atoms with E-state index in [0.29, 0.717) is 0 Å². The predicted octanol–water partition coefficient (Wildman–Crippen LogP) is 0.888. The molecule has 76 valence electrons. The van der Waals surface area contributed by atoms with Gasteiger partial charge in [0.05, 0.1) is 10.7 Å². The molecule has 0 fully saturated rings. The second-order valence-corrected chi connectivity index (χ2v) is 5.57. The molecular formula is C9H11NO2S2. The minimum atomic E-state index is -3.20. The zero-order chi connectivity index (χ0) is 10.6. The highest BCUT2D eigenvalue weighted by Crippen LogP contribution is 2.05. The van der Waals surface area contributed by atoms with Crippen LogP contribution >= 0.6 is 12.2 Å². The van der Waals surface area contributed by atoms with Crippen molar-refractivity contribution < 1.29 is 8.42 Å². The van der Waals surface area contributed by atoms with Gasteiger partial charge in [0.2, 0.25) is 0 Å². The van der Waals surface area contributed by atoms with E-state index in [4.69, 9.17) is 5.73 Å². The molecule has 0 saturated carbocycles. The molecule has 0 radical (unpaired) electrons. The fourth-order valence-corrected chi connectivity index (χ4v) is 2.87. The lowest BCUT2D eigenvalue weighted by Gasteiger charge is -2.02. The van der Waals surface area contributed by atoms with Crippen LogP contribution in [0.2, 0.25) is 0 Å². The van der Waals surface area contributed by atoms with E-state index in [9.17, 15) is 8.42 Å². The van der Waals surface area contributed by atoms with Crippen LogP contribution < -0.4 is 5.73 Å². The molecule has 14 heavy (non-hydrogen) atoms. The number of rotatable bonds is 4. The van der Waals surface area contributed by atoms with Gasteiger partial charge in [-0.3, -0.25) is 0 Å². The average Bonchev–Trinajstić information content (AvgIpc) is 2.02. The van der Waals surface area contributed by atoms with Gasteiger partial charge in [0.25, 0.3) is 0 Å². The monoisotopic (exact) mass is 229 g/mol. The van der Waals surface area contributed by atoms with E-state index < -0.39 is 9.84 Å². The molecule has 0 aliphatic carbocycles. The van der Waals surface area contributed by atoms with Crippen molar-refractivity contribution in [3.05, 3.63) is 35.9 Å². The lowest BCUT2D eigenvalue weighted by Crippen LogP contribution is -2.22. The second-order valence-electron chi connectivity index (χ2n) is 2.98. The Bertz CT molecular complexity index is 412. The summed E-state index contributed by atoms with van der Waals surface area (Å²) in [6.07, 6.45) is 0. The Labute approximate surface area is 88.9 Å². The number of hydrogen-bond donors (Lipinski definition) is 1. The SMILES string of the molecule is NC(=S)CS(=O)(=O)Cc1ccccc1. The normalized spacial score (nSPS) is 11.1. The smallest absolute Gasteiger partial charge is 0.160 e. The Morgan fingerprint density at radius 1 is 1.29 bits per heavy atom. The van der Waals surface area contributed by atoms with Crippen molar-refractivity contribution in [1.82, 2.24) is 0 Å². The van der Waals surface area contributed by atoms with Crippen molar-refractivity contribution in [2.75, 3.05) is 5.75 Å². The predicted molar refractivity (Wildman–Crippen MR) is 60.7 cm³/mol. The van der Waals surface area contributed by atoms with Crippen LogP contribution in [0.5, 0.6) is 0 Å². The number of nitrogens with two attached hydrogens (primary N) is 1. The van der Waals surface area contributed by atoms with Crippen molar-refractivity contribution in [3.63, 3.8) is 0 Å². The van der Waals surface area contributed by atoms with Crippen LogP contribution in [0.15, 0.2) is 30.3 Å². The highest BCUT2D eigenvalue weighted by molar-refractivity contribution is 7.93. The molecule has 0 spiro atoms. The lowest BCUT2D eigenvalue weighted by atomic mass is 10.2. The first kappa shape index (κ1) is 11.1. The maximum atomic E-state index is 11.4. The van der Waals surface area contributed by atoms with Gasteiger partial charge < -0.3 is 5.73 Å². The van der Waals surface area contributed by atoms with Crippen LogP contribution in [-0.4, -0.2) is 19.2 Å². The molecular weight excluding hydrogens is 218 g/mol. The molecule has 2 N–H and O–H groups in total. The molecule has 0 aliphatic rings. The number of benzene rings is 1. The first-order valence-corrected chi connectivity index (χ1v) is 6.25. The highest BCUT2D eigenvalue weighted by atomic mass is 32.2. The summed E-state index contributed by atoms with van der Waals surface area (Å²) in [6, 6.07) is 8.95. The quantitative estimate of drug-likeness (QED) is 0.779. The van der Waals surface area contributed by atoms with Crippen LogP contribution in [0.25, 0.3) is 0 Å². The molecule has 0 unspecified atom stereocenters. The Kier molecular flexibility index (Phi) is 3.60.